The molecule has 0 saturated carbocycles. The molecule has 21 heavy (non-hydrogen) atoms. The quantitative estimate of drug-likeness (QED) is 0.707. The lowest BCUT2D eigenvalue weighted by molar-refractivity contribution is 0.138. The number of hydrogen-bond acceptors (Lipinski definition) is 4. The Morgan fingerprint density at radius 2 is 2.05 bits per heavy atom. The van der Waals surface area contributed by atoms with Gasteiger partial charge in [-0.1, -0.05) is 26.0 Å². The van der Waals surface area contributed by atoms with Gasteiger partial charge in [-0.25, -0.2) is 8.42 Å². The minimum absolute atomic E-state index is 0.324. The first-order valence-corrected chi connectivity index (χ1v) is 8.68. The average molecular weight is 314 g/mol. The second-order valence-electron chi connectivity index (χ2n) is 5.21. The van der Waals surface area contributed by atoms with Crippen LogP contribution in [0, 0.1) is 0 Å². The summed E-state index contributed by atoms with van der Waals surface area (Å²) >= 11 is 0. The first-order valence-electron chi connectivity index (χ1n) is 7.24. The molecule has 1 aromatic rings. The maximum atomic E-state index is 12.5. The van der Waals surface area contributed by atoms with E-state index in [1.807, 2.05) is 13.0 Å². The van der Waals surface area contributed by atoms with Crippen molar-refractivity contribution in [1.29, 1.82) is 0 Å². The lowest BCUT2D eigenvalue weighted by Crippen LogP contribution is -2.30. The largest absolute Gasteiger partial charge is 0.380 e. The smallest absolute Gasteiger partial charge is 0.242 e. The standard InChI is InChI=1S/C15H26N2O3S/c1-5-20-10-9-17(4)21(18,19)15-8-6-7-14(11-15)12-16-13(2)3/h6-8,11,13,16H,5,9-10,12H2,1-4H3. The molecule has 0 aromatic heterocycles. The van der Waals surface area contributed by atoms with E-state index in [-0.39, 0.29) is 0 Å². The Morgan fingerprint density at radius 1 is 1.33 bits per heavy atom. The molecule has 6 heteroatoms. The Kier molecular flexibility index (Phi) is 7.31. The van der Waals surface area contributed by atoms with Crippen LogP contribution >= 0.6 is 0 Å². The number of nitrogens with one attached hydrogen (secondary N) is 1. The Morgan fingerprint density at radius 3 is 2.67 bits per heavy atom. The van der Waals surface area contributed by atoms with E-state index in [0.717, 1.165) is 5.56 Å². The highest BCUT2D eigenvalue weighted by atomic mass is 32.2. The van der Waals surface area contributed by atoms with Gasteiger partial charge in [0.15, 0.2) is 0 Å². The Hall–Kier alpha value is -0.950. The lowest BCUT2D eigenvalue weighted by Gasteiger charge is -2.17. The van der Waals surface area contributed by atoms with Gasteiger partial charge in [-0.05, 0) is 24.6 Å². The van der Waals surface area contributed by atoms with Crippen LogP contribution in [0.3, 0.4) is 0 Å². The summed E-state index contributed by atoms with van der Waals surface area (Å²) in [6.07, 6.45) is 0. The number of hydrogen-bond donors (Lipinski definition) is 1. The monoisotopic (exact) mass is 314 g/mol. The zero-order valence-corrected chi connectivity index (χ0v) is 14.1. The van der Waals surface area contributed by atoms with Gasteiger partial charge in [-0.15, -0.1) is 0 Å². The van der Waals surface area contributed by atoms with Crippen molar-refractivity contribution in [1.82, 2.24) is 9.62 Å². The van der Waals surface area contributed by atoms with Crippen molar-refractivity contribution in [2.45, 2.75) is 38.3 Å². The molecule has 0 saturated heterocycles. The zero-order chi connectivity index (χ0) is 15.9. The summed E-state index contributed by atoms with van der Waals surface area (Å²) in [5.41, 5.74) is 0.961. The number of sulfonamides is 1. The Balaban J connectivity index is 2.80. The summed E-state index contributed by atoms with van der Waals surface area (Å²) in [6.45, 7) is 8.00. The van der Waals surface area contributed by atoms with Crippen LogP contribution in [0.1, 0.15) is 26.3 Å². The van der Waals surface area contributed by atoms with Crippen LogP contribution in [0.25, 0.3) is 0 Å². The molecule has 0 aliphatic rings. The van der Waals surface area contributed by atoms with E-state index in [4.69, 9.17) is 4.74 Å². The van der Waals surface area contributed by atoms with E-state index >= 15 is 0 Å². The maximum Gasteiger partial charge on any atom is 0.242 e. The molecule has 0 aliphatic carbocycles. The molecule has 0 spiro atoms. The van der Waals surface area contributed by atoms with Crippen molar-refractivity contribution < 1.29 is 13.2 Å². The molecular weight excluding hydrogens is 288 g/mol. The summed E-state index contributed by atoms with van der Waals surface area (Å²) < 4.78 is 31.5. The third-order valence-electron chi connectivity index (χ3n) is 3.08. The first-order chi connectivity index (χ1) is 9.87. The number of benzene rings is 1. The molecule has 0 heterocycles. The van der Waals surface area contributed by atoms with Crippen LogP contribution in [-0.4, -0.2) is 45.6 Å². The molecular formula is C15H26N2O3S. The minimum Gasteiger partial charge on any atom is -0.380 e. The van der Waals surface area contributed by atoms with Gasteiger partial charge in [0.05, 0.1) is 11.5 Å². The van der Waals surface area contributed by atoms with Crippen molar-refractivity contribution in [2.75, 3.05) is 26.8 Å². The highest BCUT2D eigenvalue weighted by molar-refractivity contribution is 7.89. The molecule has 1 N–H and O–H groups in total. The summed E-state index contributed by atoms with van der Waals surface area (Å²) in [5, 5.41) is 3.28. The predicted octanol–water partition coefficient (Wildman–Crippen LogP) is 1.84. The van der Waals surface area contributed by atoms with Crippen molar-refractivity contribution in [3.8, 4) is 0 Å². The van der Waals surface area contributed by atoms with Gasteiger partial charge in [-0.2, -0.15) is 4.31 Å². The van der Waals surface area contributed by atoms with Gasteiger partial charge in [0.1, 0.15) is 0 Å². The molecule has 0 amide bonds. The molecule has 0 unspecified atom stereocenters. The van der Waals surface area contributed by atoms with E-state index in [1.165, 1.54) is 4.31 Å². The fraction of sp³-hybridized carbons (Fsp3) is 0.600. The van der Waals surface area contributed by atoms with E-state index in [1.54, 1.807) is 25.2 Å². The van der Waals surface area contributed by atoms with Gasteiger partial charge < -0.3 is 10.1 Å². The Bertz CT molecular complexity index is 529. The van der Waals surface area contributed by atoms with E-state index in [9.17, 15) is 8.42 Å². The molecule has 1 rings (SSSR count). The van der Waals surface area contributed by atoms with Crippen LogP contribution in [0.15, 0.2) is 29.2 Å². The van der Waals surface area contributed by atoms with E-state index in [0.29, 0.717) is 37.2 Å². The minimum atomic E-state index is -3.45. The fourth-order valence-corrected chi connectivity index (χ4v) is 3.00. The topological polar surface area (TPSA) is 58.6 Å². The number of rotatable bonds is 9. The predicted molar refractivity (Wildman–Crippen MR) is 84.7 cm³/mol. The van der Waals surface area contributed by atoms with Gasteiger partial charge >= 0.3 is 0 Å². The highest BCUT2D eigenvalue weighted by Crippen LogP contribution is 2.16. The van der Waals surface area contributed by atoms with Crippen LogP contribution in [0.4, 0.5) is 0 Å². The van der Waals surface area contributed by atoms with Crippen LogP contribution in [0.5, 0.6) is 0 Å². The summed E-state index contributed by atoms with van der Waals surface area (Å²) in [5.74, 6) is 0. The molecule has 0 bridgehead atoms. The van der Waals surface area contributed by atoms with E-state index in [2.05, 4.69) is 19.2 Å². The second-order valence-corrected chi connectivity index (χ2v) is 7.25. The summed E-state index contributed by atoms with van der Waals surface area (Å²) in [4.78, 5) is 0.324. The fourth-order valence-electron chi connectivity index (χ4n) is 1.78. The van der Waals surface area contributed by atoms with Gasteiger partial charge in [0.2, 0.25) is 10.0 Å². The van der Waals surface area contributed by atoms with Crippen molar-refractivity contribution in [2.24, 2.45) is 0 Å². The second kappa shape index (κ2) is 8.48. The van der Waals surface area contributed by atoms with Crippen LogP contribution in [-0.2, 0) is 21.3 Å². The first kappa shape index (κ1) is 18.1. The third-order valence-corrected chi connectivity index (χ3v) is 4.93. The van der Waals surface area contributed by atoms with Crippen LogP contribution < -0.4 is 5.32 Å². The van der Waals surface area contributed by atoms with Gasteiger partial charge in [0.25, 0.3) is 0 Å². The maximum absolute atomic E-state index is 12.5. The lowest BCUT2D eigenvalue weighted by atomic mass is 10.2. The molecule has 0 fully saturated rings. The normalized spacial score (nSPS) is 12.3. The third kappa shape index (κ3) is 5.74. The molecule has 0 radical (unpaired) electrons. The Labute approximate surface area is 128 Å². The average Bonchev–Trinajstić information content (AvgIpc) is 2.45. The summed E-state index contributed by atoms with van der Waals surface area (Å²) in [7, 11) is -1.88. The van der Waals surface area contributed by atoms with Crippen molar-refractivity contribution in [3.05, 3.63) is 29.8 Å². The number of likely N-dealkylation sites (N-methyl/N-ethyl adjacent to an activating group) is 1. The van der Waals surface area contributed by atoms with Crippen LogP contribution in [0.2, 0.25) is 0 Å². The summed E-state index contributed by atoms with van der Waals surface area (Å²) in [6, 6.07) is 7.42. The van der Waals surface area contributed by atoms with E-state index < -0.39 is 10.0 Å². The highest BCUT2D eigenvalue weighted by Gasteiger charge is 2.20. The molecule has 120 valence electrons. The van der Waals surface area contributed by atoms with Gasteiger partial charge in [-0.3, -0.25) is 0 Å². The number of ether oxygens (including phenoxy) is 1. The molecule has 0 atom stereocenters. The zero-order valence-electron chi connectivity index (χ0n) is 13.3. The molecule has 5 nitrogen and oxygen atoms in total. The molecule has 0 aliphatic heterocycles. The van der Waals surface area contributed by atoms with Gasteiger partial charge in [0, 0.05) is 32.8 Å². The molecule has 1 aromatic carbocycles. The van der Waals surface area contributed by atoms with Crippen molar-refractivity contribution in [3.63, 3.8) is 0 Å². The van der Waals surface area contributed by atoms with Crippen molar-refractivity contribution >= 4 is 10.0 Å². The SMILES string of the molecule is CCOCCN(C)S(=O)(=O)c1cccc(CNC(C)C)c1. The number of nitrogens with zero attached hydrogens (tertiary/aromatic N) is 1.